The molecule has 3 aromatic rings. The summed E-state index contributed by atoms with van der Waals surface area (Å²) < 4.78 is 10.4. The van der Waals surface area contributed by atoms with Gasteiger partial charge >= 0.3 is 0 Å². The molecule has 1 atom stereocenters. The molecule has 0 amide bonds. The van der Waals surface area contributed by atoms with Crippen LogP contribution in [0.3, 0.4) is 0 Å². The maximum absolute atomic E-state index is 6.24. The third-order valence-corrected chi connectivity index (χ3v) is 3.83. The number of ether oxygens (including phenoxy) is 2. The first-order valence-corrected chi connectivity index (χ1v) is 7.88. The topological polar surface area (TPSA) is 98.1 Å². The molecule has 2 aromatic carbocycles. The van der Waals surface area contributed by atoms with E-state index < -0.39 is 6.04 Å². The van der Waals surface area contributed by atoms with E-state index in [9.17, 15) is 0 Å². The molecule has 130 valence electrons. The Morgan fingerprint density at radius 2 is 1.84 bits per heavy atom. The summed E-state index contributed by atoms with van der Waals surface area (Å²) in [5, 5.41) is 10.4. The summed E-state index contributed by atoms with van der Waals surface area (Å²) >= 11 is 0. The van der Waals surface area contributed by atoms with Gasteiger partial charge in [-0.1, -0.05) is 18.2 Å². The van der Waals surface area contributed by atoms with Crippen LogP contribution in [0.4, 0.5) is 5.69 Å². The van der Waals surface area contributed by atoms with E-state index in [-0.39, 0.29) is 0 Å². The van der Waals surface area contributed by atoms with Crippen LogP contribution >= 0.6 is 0 Å². The van der Waals surface area contributed by atoms with Crippen molar-refractivity contribution < 1.29 is 9.47 Å². The van der Waals surface area contributed by atoms with E-state index in [2.05, 4.69) is 20.5 Å². The number of aromatic amines is 1. The molecule has 3 rings (SSSR count). The largest absolute Gasteiger partial charge is 0.497 e. The lowest BCUT2D eigenvalue weighted by atomic mass is 10.1. The maximum atomic E-state index is 6.24. The summed E-state index contributed by atoms with van der Waals surface area (Å²) in [5.74, 6) is 2.84. The predicted octanol–water partition coefficient (Wildman–Crippen LogP) is 2.48. The summed E-state index contributed by atoms with van der Waals surface area (Å²) in [6, 6.07) is 14.9. The lowest BCUT2D eigenvalue weighted by Crippen LogP contribution is -2.13. The number of hydrogen-bond acceptors (Lipinski definition) is 6. The lowest BCUT2D eigenvalue weighted by Gasteiger charge is -2.08. The first kappa shape index (κ1) is 16.8. The van der Waals surface area contributed by atoms with Gasteiger partial charge in [0.25, 0.3) is 0 Å². The van der Waals surface area contributed by atoms with E-state index in [1.165, 1.54) is 0 Å². The second-order valence-electron chi connectivity index (χ2n) is 5.48. The third kappa shape index (κ3) is 4.07. The molecule has 0 bridgehead atoms. The zero-order chi connectivity index (χ0) is 17.6. The summed E-state index contributed by atoms with van der Waals surface area (Å²) in [5.41, 5.74) is 8.11. The Bertz CT molecular complexity index is 816. The highest BCUT2D eigenvalue weighted by atomic mass is 16.5. The van der Waals surface area contributed by atoms with E-state index in [0.29, 0.717) is 18.2 Å². The fourth-order valence-electron chi connectivity index (χ4n) is 2.41. The molecule has 0 aliphatic heterocycles. The minimum Gasteiger partial charge on any atom is -0.497 e. The van der Waals surface area contributed by atoms with E-state index in [4.69, 9.17) is 15.2 Å². The Labute approximate surface area is 146 Å². The first-order valence-electron chi connectivity index (χ1n) is 7.88. The average Bonchev–Trinajstić information content (AvgIpc) is 3.15. The highest BCUT2D eigenvalue weighted by molar-refractivity contribution is 5.48. The lowest BCUT2D eigenvalue weighted by molar-refractivity contribution is 0.414. The number of anilines is 1. The fourth-order valence-corrected chi connectivity index (χ4v) is 2.41. The molecule has 0 saturated carbocycles. The van der Waals surface area contributed by atoms with Crippen LogP contribution in [0, 0.1) is 0 Å². The molecule has 1 aromatic heterocycles. The average molecular weight is 339 g/mol. The molecular weight excluding hydrogens is 318 g/mol. The van der Waals surface area contributed by atoms with Gasteiger partial charge in [-0.05, 0) is 29.8 Å². The SMILES string of the molecule is COc1ccc([C@H](N)c2n[nH]c(CNc3cccc(OC)c3)n2)cc1. The van der Waals surface area contributed by atoms with Crippen molar-refractivity contribution in [3.8, 4) is 11.5 Å². The number of hydrogen-bond donors (Lipinski definition) is 3. The number of methoxy groups -OCH3 is 2. The van der Waals surface area contributed by atoms with Crippen molar-refractivity contribution in [2.75, 3.05) is 19.5 Å². The van der Waals surface area contributed by atoms with Gasteiger partial charge in [0.15, 0.2) is 5.82 Å². The van der Waals surface area contributed by atoms with Crippen LogP contribution in [0.25, 0.3) is 0 Å². The normalized spacial score (nSPS) is 11.8. The van der Waals surface area contributed by atoms with E-state index >= 15 is 0 Å². The molecule has 0 unspecified atom stereocenters. The molecular formula is C18H21N5O2. The molecule has 4 N–H and O–H groups in total. The highest BCUT2D eigenvalue weighted by Crippen LogP contribution is 2.20. The van der Waals surface area contributed by atoms with Crippen LogP contribution in [0.5, 0.6) is 11.5 Å². The maximum Gasteiger partial charge on any atom is 0.171 e. The first-order chi connectivity index (χ1) is 12.2. The Hall–Kier alpha value is -3.06. The smallest absolute Gasteiger partial charge is 0.171 e. The van der Waals surface area contributed by atoms with Gasteiger partial charge in [0.1, 0.15) is 17.3 Å². The van der Waals surface area contributed by atoms with Gasteiger partial charge in [-0.15, -0.1) is 0 Å². The Morgan fingerprint density at radius 1 is 1.08 bits per heavy atom. The summed E-state index contributed by atoms with van der Waals surface area (Å²) in [6.45, 7) is 0.509. The fraction of sp³-hybridized carbons (Fsp3) is 0.222. The van der Waals surface area contributed by atoms with Gasteiger partial charge in [-0.3, -0.25) is 5.10 Å². The van der Waals surface area contributed by atoms with Crippen LogP contribution in [-0.2, 0) is 6.54 Å². The van der Waals surface area contributed by atoms with Crippen LogP contribution in [0.1, 0.15) is 23.3 Å². The van der Waals surface area contributed by atoms with E-state index in [1.54, 1.807) is 14.2 Å². The van der Waals surface area contributed by atoms with Crippen molar-refractivity contribution in [3.05, 3.63) is 65.7 Å². The number of aromatic nitrogens is 3. The summed E-state index contributed by atoms with van der Waals surface area (Å²) in [6.07, 6.45) is 0. The standard InChI is InChI=1S/C18H21N5O2/c1-24-14-8-6-12(7-9-14)17(19)18-21-16(22-23-18)11-20-13-4-3-5-15(10-13)25-2/h3-10,17,20H,11,19H2,1-2H3,(H,21,22,23)/t17-/m0/s1. The van der Waals surface area contributed by atoms with Crippen molar-refractivity contribution in [3.63, 3.8) is 0 Å². The summed E-state index contributed by atoms with van der Waals surface area (Å²) in [7, 11) is 3.27. The molecule has 0 saturated heterocycles. The molecule has 0 spiro atoms. The zero-order valence-corrected chi connectivity index (χ0v) is 14.2. The van der Waals surface area contributed by atoms with Crippen molar-refractivity contribution in [2.45, 2.75) is 12.6 Å². The molecule has 0 aliphatic rings. The van der Waals surface area contributed by atoms with Crippen molar-refractivity contribution in [1.82, 2.24) is 15.2 Å². The number of nitrogens with two attached hydrogens (primary N) is 1. The number of nitrogens with zero attached hydrogens (tertiary/aromatic N) is 2. The molecule has 0 radical (unpaired) electrons. The quantitative estimate of drug-likeness (QED) is 0.612. The van der Waals surface area contributed by atoms with E-state index in [0.717, 1.165) is 22.7 Å². The Morgan fingerprint density at radius 3 is 2.56 bits per heavy atom. The second-order valence-corrected chi connectivity index (χ2v) is 5.48. The third-order valence-electron chi connectivity index (χ3n) is 3.83. The molecule has 25 heavy (non-hydrogen) atoms. The number of rotatable bonds is 7. The molecule has 0 aliphatic carbocycles. The Balaban J connectivity index is 1.64. The van der Waals surface area contributed by atoms with Gasteiger partial charge in [0.2, 0.25) is 0 Å². The van der Waals surface area contributed by atoms with Gasteiger partial charge < -0.3 is 20.5 Å². The molecule has 7 heteroatoms. The van der Waals surface area contributed by atoms with Gasteiger partial charge in [0.05, 0.1) is 26.8 Å². The number of nitrogens with one attached hydrogen (secondary N) is 2. The van der Waals surface area contributed by atoms with Gasteiger partial charge in [0, 0.05) is 11.8 Å². The van der Waals surface area contributed by atoms with Crippen molar-refractivity contribution in [2.24, 2.45) is 5.73 Å². The number of H-pyrrole nitrogens is 1. The molecule has 1 heterocycles. The highest BCUT2D eigenvalue weighted by Gasteiger charge is 2.14. The van der Waals surface area contributed by atoms with Gasteiger partial charge in [-0.25, -0.2) is 4.98 Å². The predicted molar refractivity (Wildman–Crippen MR) is 95.7 cm³/mol. The second kappa shape index (κ2) is 7.67. The van der Waals surface area contributed by atoms with Crippen LogP contribution in [0.15, 0.2) is 48.5 Å². The van der Waals surface area contributed by atoms with Crippen molar-refractivity contribution >= 4 is 5.69 Å². The monoisotopic (exact) mass is 339 g/mol. The van der Waals surface area contributed by atoms with E-state index in [1.807, 2.05) is 48.5 Å². The van der Waals surface area contributed by atoms with Gasteiger partial charge in [-0.2, -0.15) is 5.10 Å². The van der Waals surface area contributed by atoms with Crippen LogP contribution < -0.4 is 20.5 Å². The van der Waals surface area contributed by atoms with Crippen molar-refractivity contribution in [1.29, 1.82) is 0 Å². The van der Waals surface area contributed by atoms with Crippen LogP contribution in [0.2, 0.25) is 0 Å². The molecule has 7 nitrogen and oxygen atoms in total. The Kier molecular flexibility index (Phi) is 5.15. The molecule has 0 fully saturated rings. The van der Waals surface area contributed by atoms with Crippen LogP contribution in [-0.4, -0.2) is 29.4 Å². The number of benzene rings is 2. The minimum absolute atomic E-state index is 0.396. The zero-order valence-electron chi connectivity index (χ0n) is 14.2. The summed E-state index contributed by atoms with van der Waals surface area (Å²) in [4.78, 5) is 4.47. The minimum atomic E-state index is -0.396.